The van der Waals surface area contributed by atoms with Gasteiger partial charge in [-0.2, -0.15) is 0 Å². The van der Waals surface area contributed by atoms with Gasteiger partial charge in [0.2, 0.25) is 0 Å². The van der Waals surface area contributed by atoms with Crippen molar-refractivity contribution in [2.24, 2.45) is 5.41 Å². The molecule has 1 saturated carbocycles. The van der Waals surface area contributed by atoms with Crippen molar-refractivity contribution in [1.29, 1.82) is 0 Å². The van der Waals surface area contributed by atoms with Gasteiger partial charge in [-0.15, -0.1) is 0 Å². The second-order valence-corrected chi connectivity index (χ2v) is 5.83. The van der Waals surface area contributed by atoms with Gasteiger partial charge < -0.3 is 10.2 Å². The van der Waals surface area contributed by atoms with Gasteiger partial charge in [0.15, 0.2) is 0 Å². The van der Waals surface area contributed by atoms with Gasteiger partial charge in [0.1, 0.15) is 0 Å². The van der Waals surface area contributed by atoms with E-state index in [9.17, 15) is 0 Å². The summed E-state index contributed by atoms with van der Waals surface area (Å²) in [6.45, 7) is 7.18. The van der Waals surface area contributed by atoms with Gasteiger partial charge in [0.25, 0.3) is 0 Å². The molecule has 1 N–H and O–H groups in total. The van der Waals surface area contributed by atoms with Gasteiger partial charge >= 0.3 is 0 Å². The smallest absolute Gasteiger partial charge is 0.00922 e. The Morgan fingerprint density at radius 1 is 1.27 bits per heavy atom. The molecule has 0 aromatic heterocycles. The second kappa shape index (κ2) is 5.86. The zero-order valence-corrected chi connectivity index (χ0v) is 11.0. The second-order valence-electron chi connectivity index (χ2n) is 5.83. The average Bonchev–Trinajstić information content (AvgIpc) is 2.09. The summed E-state index contributed by atoms with van der Waals surface area (Å²) in [4.78, 5) is 2.56. The van der Waals surface area contributed by atoms with Gasteiger partial charge in [-0.1, -0.05) is 20.3 Å². The van der Waals surface area contributed by atoms with Crippen LogP contribution < -0.4 is 5.32 Å². The first kappa shape index (κ1) is 13.0. The molecule has 0 aromatic carbocycles. The summed E-state index contributed by atoms with van der Waals surface area (Å²) < 4.78 is 0. The molecule has 0 spiro atoms. The lowest BCUT2D eigenvalue weighted by molar-refractivity contribution is 0.136. The lowest BCUT2D eigenvalue weighted by Crippen LogP contribution is -2.39. The molecule has 90 valence electrons. The van der Waals surface area contributed by atoms with Crippen molar-refractivity contribution < 1.29 is 0 Å². The van der Waals surface area contributed by atoms with E-state index in [4.69, 9.17) is 0 Å². The molecule has 0 radical (unpaired) electrons. The average molecular weight is 212 g/mol. The summed E-state index contributed by atoms with van der Waals surface area (Å²) >= 11 is 0. The third-order valence-corrected chi connectivity index (χ3v) is 3.89. The maximum atomic E-state index is 3.24. The fraction of sp³-hybridized carbons (Fsp3) is 1.00. The zero-order chi connectivity index (χ0) is 11.3. The van der Waals surface area contributed by atoms with Crippen LogP contribution in [0.25, 0.3) is 0 Å². The minimum Gasteiger partial charge on any atom is -0.320 e. The Hall–Kier alpha value is -0.0800. The monoisotopic (exact) mass is 212 g/mol. The molecule has 2 nitrogen and oxygen atoms in total. The molecule has 2 heteroatoms. The Bertz CT molecular complexity index is 173. The fourth-order valence-corrected chi connectivity index (χ4v) is 2.08. The molecule has 1 fully saturated rings. The van der Waals surface area contributed by atoms with Crippen LogP contribution in [0.3, 0.4) is 0 Å². The normalized spacial score (nSPS) is 18.2. The molecular formula is C13H28N2. The standard InChI is InChI=1S/C13H28N2/c1-13(2,8-10-14-3)9-11-15(4)12-6-5-7-12/h12,14H,5-11H2,1-4H3. The van der Waals surface area contributed by atoms with E-state index < -0.39 is 0 Å². The van der Waals surface area contributed by atoms with Gasteiger partial charge in [0, 0.05) is 6.04 Å². The van der Waals surface area contributed by atoms with E-state index in [-0.39, 0.29) is 0 Å². The fourth-order valence-electron chi connectivity index (χ4n) is 2.08. The highest BCUT2D eigenvalue weighted by molar-refractivity contribution is 4.79. The van der Waals surface area contributed by atoms with Gasteiger partial charge in [-0.25, -0.2) is 0 Å². The zero-order valence-electron chi connectivity index (χ0n) is 11.0. The van der Waals surface area contributed by atoms with Crippen LogP contribution in [0, 0.1) is 5.41 Å². The van der Waals surface area contributed by atoms with E-state index in [2.05, 4.69) is 31.1 Å². The minimum absolute atomic E-state index is 0.487. The summed E-state index contributed by atoms with van der Waals surface area (Å²) in [6, 6.07) is 0.894. The molecule has 0 bridgehead atoms. The van der Waals surface area contributed by atoms with Crippen LogP contribution in [0.2, 0.25) is 0 Å². The molecule has 15 heavy (non-hydrogen) atoms. The van der Waals surface area contributed by atoms with Crippen molar-refractivity contribution >= 4 is 0 Å². The van der Waals surface area contributed by atoms with Gasteiger partial charge in [0.05, 0.1) is 0 Å². The predicted octanol–water partition coefficient (Wildman–Crippen LogP) is 2.50. The first-order chi connectivity index (χ1) is 7.05. The number of nitrogens with one attached hydrogen (secondary N) is 1. The quantitative estimate of drug-likeness (QED) is 0.697. The number of hydrogen-bond acceptors (Lipinski definition) is 2. The molecule has 0 unspecified atom stereocenters. The highest BCUT2D eigenvalue weighted by Gasteiger charge is 2.24. The first-order valence-electron chi connectivity index (χ1n) is 6.40. The van der Waals surface area contributed by atoms with Crippen LogP contribution in [0.1, 0.15) is 46.0 Å². The Balaban J connectivity index is 2.15. The van der Waals surface area contributed by atoms with E-state index >= 15 is 0 Å². The number of rotatable bonds is 7. The van der Waals surface area contributed by atoms with Gasteiger partial charge in [-0.3, -0.25) is 0 Å². The molecule has 0 aliphatic heterocycles. The Kier molecular flexibility index (Phi) is 5.07. The van der Waals surface area contributed by atoms with Gasteiger partial charge in [-0.05, 0) is 58.3 Å². The minimum atomic E-state index is 0.487. The number of nitrogens with zero attached hydrogens (tertiary/aromatic N) is 1. The van der Waals surface area contributed by atoms with Crippen molar-refractivity contribution in [3.8, 4) is 0 Å². The molecule has 1 aliphatic carbocycles. The highest BCUT2D eigenvalue weighted by Crippen LogP contribution is 2.28. The van der Waals surface area contributed by atoms with Crippen molar-refractivity contribution in [3.05, 3.63) is 0 Å². The van der Waals surface area contributed by atoms with Crippen molar-refractivity contribution in [2.45, 2.75) is 52.0 Å². The van der Waals surface area contributed by atoms with Crippen LogP contribution in [-0.4, -0.2) is 38.1 Å². The lowest BCUT2D eigenvalue weighted by atomic mass is 9.84. The Labute approximate surface area is 95.4 Å². The Morgan fingerprint density at radius 3 is 2.40 bits per heavy atom. The third-order valence-electron chi connectivity index (χ3n) is 3.89. The SMILES string of the molecule is CNCCC(C)(C)CCN(C)C1CCC1. The van der Waals surface area contributed by atoms with E-state index in [1.165, 1.54) is 38.6 Å². The van der Waals surface area contributed by atoms with Crippen LogP contribution in [0.15, 0.2) is 0 Å². The largest absolute Gasteiger partial charge is 0.320 e. The first-order valence-corrected chi connectivity index (χ1v) is 6.40. The number of hydrogen-bond donors (Lipinski definition) is 1. The van der Waals surface area contributed by atoms with Crippen LogP contribution >= 0.6 is 0 Å². The molecule has 1 rings (SSSR count). The van der Waals surface area contributed by atoms with Crippen molar-refractivity contribution in [1.82, 2.24) is 10.2 Å². The van der Waals surface area contributed by atoms with E-state index in [1.807, 2.05) is 7.05 Å². The van der Waals surface area contributed by atoms with Crippen LogP contribution in [0.5, 0.6) is 0 Å². The van der Waals surface area contributed by atoms with E-state index in [0.29, 0.717) is 5.41 Å². The molecule has 0 amide bonds. The molecule has 0 saturated heterocycles. The summed E-state index contributed by atoms with van der Waals surface area (Å²) in [5.41, 5.74) is 0.487. The maximum absolute atomic E-state index is 3.24. The Morgan fingerprint density at radius 2 is 1.93 bits per heavy atom. The highest BCUT2D eigenvalue weighted by atomic mass is 15.1. The van der Waals surface area contributed by atoms with Crippen LogP contribution in [0.4, 0.5) is 0 Å². The molecule has 1 aliphatic rings. The molecular weight excluding hydrogens is 184 g/mol. The molecule has 0 atom stereocenters. The topological polar surface area (TPSA) is 15.3 Å². The maximum Gasteiger partial charge on any atom is 0.00922 e. The molecule has 0 aromatic rings. The summed E-state index contributed by atoms with van der Waals surface area (Å²) in [6.07, 6.45) is 6.89. The summed E-state index contributed by atoms with van der Waals surface area (Å²) in [5, 5.41) is 3.24. The summed E-state index contributed by atoms with van der Waals surface area (Å²) in [5.74, 6) is 0. The van der Waals surface area contributed by atoms with E-state index in [0.717, 1.165) is 12.6 Å². The molecule has 0 heterocycles. The third kappa shape index (κ3) is 4.52. The van der Waals surface area contributed by atoms with Crippen molar-refractivity contribution in [2.75, 3.05) is 27.2 Å². The summed E-state index contributed by atoms with van der Waals surface area (Å²) in [7, 11) is 4.33. The van der Waals surface area contributed by atoms with E-state index in [1.54, 1.807) is 0 Å². The lowest BCUT2D eigenvalue weighted by Gasteiger charge is -2.36. The van der Waals surface area contributed by atoms with Crippen LogP contribution in [-0.2, 0) is 0 Å². The predicted molar refractivity (Wildman–Crippen MR) is 67.2 cm³/mol. The van der Waals surface area contributed by atoms with Crippen molar-refractivity contribution in [3.63, 3.8) is 0 Å².